The molecule has 0 atom stereocenters. The van der Waals surface area contributed by atoms with Crippen LogP contribution in [0.5, 0.6) is 0 Å². The fourth-order valence-corrected chi connectivity index (χ4v) is 1.59. The van der Waals surface area contributed by atoms with E-state index in [1.54, 1.807) is 6.07 Å². The average Bonchev–Trinajstić information content (AvgIpc) is 2.38. The molecule has 0 aromatic heterocycles. The summed E-state index contributed by atoms with van der Waals surface area (Å²) in [6, 6.07) is 4.55. The highest BCUT2D eigenvalue weighted by Crippen LogP contribution is 2.10. The summed E-state index contributed by atoms with van der Waals surface area (Å²) in [5.74, 6) is -0.916. The maximum atomic E-state index is 12.9. The maximum absolute atomic E-state index is 12.9. The van der Waals surface area contributed by atoms with Gasteiger partial charge in [-0.1, -0.05) is 6.07 Å². The molecule has 0 saturated carbocycles. The first-order chi connectivity index (χ1) is 9.02. The van der Waals surface area contributed by atoms with E-state index in [9.17, 15) is 14.0 Å². The first-order valence-corrected chi connectivity index (χ1v) is 6.01. The van der Waals surface area contributed by atoms with Gasteiger partial charge < -0.3 is 16.4 Å². The van der Waals surface area contributed by atoms with Crippen molar-refractivity contribution in [2.75, 3.05) is 19.6 Å². The van der Waals surface area contributed by atoms with Crippen LogP contribution >= 0.6 is 0 Å². The molecule has 0 saturated heterocycles. The molecule has 0 unspecified atom stereocenters. The zero-order chi connectivity index (χ0) is 14.3. The summed E-state index contributed by atoms with van der Waals surface area (Å²) in [5, 5.41) is 5.04. The van der Waals surface area contributed by atoms with Crippen LogP contribution in [0.2, 0.25) is 0 Å². The van der Waals surface area contributed by atoms with Crippen molar-refractivity contribution in [1.82, 2.24) is 10.6 Å². The number of nitrogens with one attached hydrogen (secondary N) is 2. The fourth-order valence-electron chi connectivity index (χ4n) is 1.59. The second kappa shape index (κ2) is 7.48. The second-order valence-electron chi connectivity index (χ2n) is 4.15. The maximum Gasteiger partial charge on any atom is 0.239 e. The van der Waals surface area contributed by atoms with Gasteiger partial charge in [-0.25, -0.2) is 4.39 Å². The van der Waals surface area contributed by atoms with E-state index in [-0.39, 0.29) is 30.7 Å². The predicted molar refractivity (Wildman–Crippen MR) is 69.9 cm³/mol. The van der Waals surface area contributed by atoms with Crippen LogP contribution in [0.25, 0.3) is 0 Å². The molecule has 1 aromatic rings. The highest BCUT2D eigenvalue weighted by atomic mass is 19.1. The van der Waals surface area contributed by atoms with Crippen molar-refractivity contribution < 1.29 is 14.0 Å². The van der Waals surface area contributed by atoms with Crippen LogP contribution in [0.4, 0.5) is 4.39 Å². The van der Waals surface area contributed by atoms with Crippen LogP contribution in [-0.2, 0) is 16.0 Å². The molecule has 1 rings (SSSR count). The lowest BCUT2D eigenvalue weighted by molar-refractivity contribution is -0.125. The third-order valence-corrected chi connectivity index (χ3v) is 2.65. The molecule has 0 heterocycles. The van der Waals surface area contributed by atoms with E-state index in [0.717, 1.165) is 11.1 Å². The van der Waals surface area contributed by atoms with E-state index in [1.165, 1.54) is 12.1 Å². The highest BCUT2D eigenvalue weighted by Gasteiger charge is 2.04. The normalized spacial score (nSPS) is 10.1. The molecule has 4 N–H and O–H groups in total. The van der Waals surface area contributed by atoms with Gasteiger partial charge >= 0.3 is 0 Å². The molecule has 0 aliphatic carbocycles. The van der Waals surface area contributed by atoms with Crippen molar-refractivity contribution >= 4 is 11.8 Å². The smallest absolute Gasteiger partial charge is 0.239 e. The molecular weight excluding hydrogens is 249 g/mol. The molecule has 0 fully saturated rings. The molecule has 0 aliphatic rings. The summed E-state index contributed by atoms with van der Waals surface area (Å²) < 4.78 is 12.9. The van der Waals surface area contributed by atoms with Crippen LogP contribution < -0.4 is 16.4 Å². The first kappa shape index (κ1) is 15.1. The highest BCUT2D eigenvalue weighted by molar-refractivity contribution is 5.85. The van der Waals surface area contributed by atoms with Gasteiger partial charge in [0.2, 0.25) is 11.8 Å². The van der Waals surface area contributed by atoms with Crippen molar-refractivity contribution in [3.05, 3.63) is 35.1 Å². The minimum atomic E-state index is -0.371. The van der Waals surface area contributed by atoms with Gasteiger partial charge in [0.15, 0.2) is 0 Å². The van der Waals surface area contributed by atoms with E-state index in [1.807, 2.05) is 6.92 Å². The van der Waals surface area contributed by atoms with Gasteiger partial charge in [-0.15, -0.1) is 0 Å². The Morgan fingerprint density at radius 2 is 2.00 bits per heavy atom. The summed E-state index contributed by atoms with van der Waals surface area (Å²) in [4.78, 5) is 22.2. The van der Waals surface area contributed by atoms with E-state index < -0.39 is 0 Å². The average molecular weight is 267 g/mol. The van der Waals surface area contributed by atoms with Crippen LogP contribution in [0.1, 0.15) is 11.1 Å². The number of hydrogen-bond donors (Lipinski definition) is 3. The number of rotatable bonds is 6. The molecular formula is C13H18FN3O2. The van der Waals surface area contributed by atoms with Crippen molar-refractivity contribution in [3.8, 4) is 0 Å². The van der Waals surface area contributed by atoms with E-state index in [2.05, 4.69) is 10.6 Å². The number of amides is 2. The van der Waals surface area contributed by atoms with Crippen LogP contribution in [0.15, 0.2) is 18.2 Å². The lowest BCUT2D eigenvalue weighted by Crippen LogP contribution is -2.40. The molecule has 6 heteroatoms. The number of benzene rings is 1. The molecule has 0 bridgehead atoms. The van der Waals surface area contributed by atoms with E-state index in [0.29, 0.717) is 13.0 Å². The topological polar surface area (TPSA) is 84.2 Å². The molecule has 0 radical (unpaired) electrons. The molecule has 1 aromatic carbocycles. The van der Waals surface area contributed by atoms with Crippen LogP contribution in [0.3, 0.4) is 0 Å². The third kappa shape index (κ3) is 5.48. The van der Waals surface area contributed by atoms with Crippen molar-refractivity contribution in [2.45, 2.75) is 13.3 Å². The number of halogens is 1. The second-order valence-corrected chi connectivity index (χ2v) is 4.15. The van der Waals surface area contributed by atoms with Gasteiger partial charge in [-0.2, -0.15) is 0 Å². The minimum Gasteiger partial charge on any atom is -0.354 e. The molecule has 104 valence electrons. The van der Waals surface area contributed by atoms with Gasteiger partial charge in [-0.3, -0.25) is 9.59 Å². The molecule has 19 heavy (non-hydrogen) atoms. The number of hydrogen-bond acceptors (Lipinski definition) is 3. The number of aryl methyl sites for hydroxylation is 1. The molecule has 2 amide bonds. The number of carbonyl (C=O) groups excluding carboxylic acids is 2. The van der Waals surface area contributed by atoms with Gasteiger partial charge in [0.25, 0.3) is 0 Å². The number of nitrogens with two attached hydrogens (primary N) is 1. The molecule has 5 nitrogen and oxygen atoms in total. The lowest BCUT2D eigenvalue weighted by Gasteiger charge is -2.08. The summed E-state index contributed by atoms with van der Waals surface area (Å²) in [6.45, 7) is 2.03. The zero-order valence-electron chi connectivity index (χ0n) is 10.8. The van der Waals surface area contributed by atoms with E-state index in [4.69, 9.17) is 5.73 Å². The van der Waals surface area contributed by atoms with Crippen molar-refractivity contribution in [1.29, 1.82) is 0 Å². The number of carbonyl (C=O) groups is 2. The summed E-state index contributed by atoms with van der Waals surface area (Å²) in [5.41, 5.74) is 6.92. The van der Waals surface area contributed by atoms with Crippen molar-refractivity contribution in [2.24, 2.45) is 5.73 Å². The lowest BCUT2D eigenvalue weighted by atomic mass is 10.1. The minimum absolute atomic E-state index is 0.0849. The Labute approximate surface area is 111 Å². The van der Waals surface area contributed by atoms with Crippen molar-refractivity contribution in [3.63, 3.8) is 0 Å². The predicted octanol–water partition coefficient (Wildman–Crippen LogP) is -0.132. The Bertz CT molecular complexity index is 463. The first-order valence-electron chi connectivity index (χ1n) is 6.01. The molecule has 0 spiro atoms. The Morgan fingerprint density at radius 3 is 2.63 bits per heavy atom. The summed E-state index contributed by atoms with van der Waals surface area (Å²) >= 11 is 0. The van der Waals surface area contributed by atoms with E-state index >= 15 is 0 Å². The summed E-state index contributed by atoms with van der Waals surface area (Å²) in [7, 11) is 0. The van der Waals surface area contributed by atoms with Gasteiger partial charge in [0, 0.05) is 6.54 Å². The standard InChI is InChI=1S/C13H18FN3O2/c1-9-6-11(14)3-2-10(9)4-5-16-13(19)8-17-12(18)7-15/h2-3,6H,4-5,7-8,15H2,1H3,(H,16,19)(H,17,18). The largest absolute Gasteiger partial charge is 0.354 e. The Kier molecular flexibility index (Phi) is 5.95. The molecule has 0 aliphatic heterocycles. The monoisotopic (exact) mass is 267 g/mol. The van der Waals surface area contributed by atoms with Gasteiger partial charge in [0.05, 0.1) is 13.1 Å². The van der Waals surface area contributed by atoms with Gasteiger partial charge in [0.1, 0.15) is 5.82 Å². The SMILES string of the molecule is Cc1cc(F)ccc1CCNC(=O)CNC(=O)CN. The zero-order valence-corrected chi connectivity index (χ0v) is 10.8. The van der Waals surface area contributed by atoms with Crippen LogP contribution in [-0.4, -0.2) is 31.4 Å². The third-order valence-electron chi connectivity index (χ3n) is 2.65. The van der Waals surface area contributed by atoms with Gasteiger partial charge in [-0.05, 0) is 36.6 Å². The Hall–Kier alpha value is -1.95. The summed E-state index contributed by atoms with van der Waals surface area (Å²) in [6.07, 6.45) is 0.614. The fraction of sp³-hybridized carbons (Fsp3) is 0.385. The van der Waals surface area contributed by atoms with Crippen LogP contribution in [0, 0.1) is 12.7 Å². The Balaban J connectivity index is 2.30. The quantitative estimate of drug-likeness (QED) is 0.671. The Morgan fingerprint density at radius 1 is 1.26 bits per heavy atom.